The van der Waals surface area contributed by atoms with Gasteiger partial charge >= 0.3 is 0 Å². The highest BCUT2D eigenvalue weighted by Crippen LogP contribution is 2.21. The molecule has 0 radical (unpaired) electrons. The van der Waals surface area contributed by atoms with E-state index in [-0.39, 0.29) is 95.9 Å². The number of aliphatic imine (C=N–C) groups is 2. The van der Waals surface area contributed by atoms with Gasteiger partial charge < -0.3 is 104 Å². The fraction of sp³-hybridized carbons (Fsp3) is 0.507. The van der Waals surface area contributed by atoms with Crippen LogP contribution in [-0.4, -0.2) is 168 Å². The smallest absolute Gasteiger partial charge is 0.243 e. The number of carbonyl (C=O) groups is 11. The lowest BCUT2D eigenvalue weighted by Gasteiger charge is -2.28. The average molecular weight is 1380 g/mol. The Morgan fingerprint density at radius 2 is 0.828 bits per heavy atom. The monoisotopic (exact) mass is 1380 g/mol. The van der Waals surface area contributed by atoms with Crippen LogP contribution in [-0.2, 0) is 72.0 Å². The highest BCUT2D eigenvalue weighted by molar-refractivity contribution is 5.99. The number of unbranched alkanes of at least 4 members (excludes halogenated alkanes) is 2. The van der Waals surface area contributed by atoms with Crippen molar-refractivity contribution in [3.05, 3.63) is 108 Å². The van der Waals surface area contributed by atoms with Crippen LogP contribution in [0.3, 0.4) is 0 Å². The third kappa shape index (κ3) is 29.2. The molecule has 4 aromatic rings. The van der Waals surface area contributed by atoms with Crippen LogP contribution in [0.5, 0.6) is 0 Å². The van der Waals surface area contributed by atoms with Gasteiger partial charge in [-0.2, -0.15) is 0 Å². The maximum absolute atomic E-state index is 14.8. The van der Waals surface area contributed by atoms with Crippen molar-refractivity contribution in [2.45, 2.75) is 184 Å². The lowest BCUT2D eigenvalue weighted by atomic mass is 9.97. The van der Waals surface area contributed by atoms with Crippen LogP contribution < -0.4 is 99.5 Å². The molecule has 0 bridgehead atoms. The number of nitrogens with one attached hydrogen (secondary N) is 10. The number of aromatic amines is 1. The quantitative estimate of drug-likeness (QED) is 0.0120. The predicted molar refractivity (Wildman–Crippen MR) is 376 cm³/mol. The number of guanidine groups is 2. The molecule has 32 nitrogen and oxygen atoms in total. The Bertz CT molecular complexity index is 3350. The fourth-order valence-corrected chi connectivity index (χ4v) is 10.6. The van der Waals surface area contributed by atoms with E-state index in [1.165, 1.54) is 6.92 Å². The molecular formula is C67H103N21O11. The second-order valence-corrected chi connectivity index (χ2v) is 24.5. The molecule has 1 aromatic heterocycles. The van der Waals surface area contributed by atoms with Crippen LogP contribution in [0.15, 0.2) is 101 Å². The maximum Gasteiger partial charge on any atom is 0.243 e. The van der Waals surface area contributed by atoms with Gasteiger partial charge in [-0.15, -0.1) is 0 Å². The van der Waals surface area contributed by atoms with Gasteiger partial charge in [0.2, 0.25) is 65.0 Å². The number of hydrogen-bond acceptors (Lipinski definition) is 16. The summed E-state index contributed by atoms with van der Waals surface area (Å²) in [5.74, 6) is -9.61. The van der Waals surface area contributed by atoms with Crippen molar-refractivity contribution in [1.82, 2.24) is 52.8 Å². The lowest BCUT2D eigenvalue weighted by molar-refractivity contribution is -0.136. The van der Waals surface area contributed by atoms with Crippen molar-refractivity contribution in [3.63, 3.8) is 0 Å². The minimum atomic E-state index is -1.54. The second kappa shape index (κ2) is 43.2. The molecule has 32 heteroatoms. The largest absolute Gasteiger partial charge is 0.370 e. The summed E-state index contributed by atoms with van der Waals surface area (Å²) >= 11 is 0. The summed E-state index contributed by atoms with van der Waals surface area (Å²) in [4.78, 5) is 165. The van der Waals surface area contributed by atoms with E-state index in [0.29, 0.717) is 55.2 Å². The molecule has 0 aliphatic heterocycles. The van der Waals surface area contributed by atoms with Gasteiger partial charge in [-0.05, 0) is 119 Å². The summed E-state index contributed by atoms with van der Waals surface area (Å²) in [5, 5.41) is 25.1. The third-order valence-electron chi connectivity index (χ3n) is 16.5. The Morgan fingerprint density at radius 1 is 0.434 bits per heavy atom. The summed E-state index contributed by atoms with van der Waals surface area (Å²) < 4.78 is 0. The number of amides is 11. The number of nitrogens with zero attached hydrogens (tertiary/aromatic N) is 2. The van der Waals surface area contributed by atoms with Gasteiger partial charge in [0, 0.05) is 55.9 Å². The fourth-order valence-electron chi connectivity index (χ4n) is 10.6. The molecule has 1 heterocycles. The molecule has 542 valence electrons. The molecule has 4 rings (SSSR count). The van der Waals surface area contributed by atoms with Gasteiger partial charge in [0.05, 0.1) is 6.04 Å². The summed E-state index contributed by atoms with van der Waals surface area (Å²) in [5.41, 5.74) is 53.6. The van der Waals surface area contributed by atoms with Crippen LogP contribution in [0.1, 0.15) is 121 Å². The zero-order valence-electron chi connectivity index (χ0n) is 56.7. The van der Waals surface area contributed by atoms with Crippen LogP contribution >= 0.6 is 0 Å². The number of nitrogens with two attached hydrogens (primary N) is 9. The van der Waals surface area contributed by atoms with Crippen molar-refractivity contribution in [1.29, 1.82) is 0 Å². The molecule has 0 spiro atoms. The Morgan fingerprint density at radius 3 is 1.29 bits per heavy atom. The Labute approximate surface area is 576 Å². The molecule has 99 heavy (non-hydrogen) atoms. The van der Waals surface area contributed by atoms with Gasteiger partial charge in [-0.1, -0.05) is 99.1 Å². The Kier molecular flexibility index (Phi) is 35.4. The molecule has 0 aliphatic rings. The molecule has 0 aliphatic carbocycles. The van der Waals surface area contributed by atoms with Gasteiger partial charge in [-0.25, -0.2) is 0 Å². The van der Waals surface area contributed by atoms with Crippen molar-refractivity contribution in [3.8, 4) is 0 Å². The summed E-state index contributed by atoms with van der Waals surface area (Å²) in [6, 6.07) is 11.3. The normalized spacial score (nSPS) is 14.4. The summed E-state index contributed by atoms with van der Waals surface area (Å²) in [6.45, 7) is 5.69. The zero-order chi connectivity index (χ0) is 73.0. The molecule has 11 amide bonds. The number of aromatic nitrogens is 1. The van der Waals surface area contributed by atoms with Crippen molar-refractivity contribution >= 4 is 87.8 Å². The van der Waals surface area contributed by atoms with Crippen LogP contribution in [0, 0.1) is 5.92 Å². The number of fused-ring (bicyclic) bond motifs is 1. The lowest BCUT2D eigenvalue weighted by Crippen LogP contribution is -2.61. The summed E-state index contributed by atoms with van der Waals surface area (Å²) in [6.07, 6.45) is 3.36. The highest BCUT2D eigenvalue weighted by Gasteiger charge is 2.36. The molecule has 3 aromatic carbocycles. The minimum absolute atomic E-state index is 0.00938. The second-order valence-electron chi connectivity index (χ2n) is 24.5. The first-order valence-electron chi connectivity index (χ1n) is 33.5. The minimum Gasteiger partial charge on any atom is -0.370 e. The van der Waals surface area contributed by atoms with Crippen LogP contribution in [0.2, 0.25) is 0 Å². The Hall–Kier alpha value is -10.2. The maximum atomic E-state index is 14.8. The first-order valence-corrected chi connectivity index (χ1v) is 33.5. The van der Waals surface area contributed by atoms with Crippen molar-refractivity contribution in [2.24, 2.45) is 67.5 Å². The molecule has 0 fully saturated rings. The first kappa shape index (κ1) is 81.2. The van der Waals surface area contributed by atoms with E-state index in [9.17, 15) is 52.7 Å². The first-order chi connectivity index (χ1) is 47.2. The topological polar surface area (TPSA) is 571 Å². The Balaban J connectivity index is 1.61. The van der Waals surface area contributed by atoms with E-state index in [0.717, 1.165) is 10.9 Å². The van der Waals surface area contributed by atoms with E-state index < -0.39 is 138 Å². The standard InChI is InChI=1S/C67H103N21O11/c1-4-39(2)55(56(72)90)88-65(99)53(37-43-38-79-46-25-12-11-23-44(43)46)87-62(96)50(29-30-54(71)89)84-64(98)52(36-42-21-9-6-10-22-42)86-60(94)47(26-13-15-31-68)81-57(91)40(3)80-63(97)51(35-41-19-7-5-8-20-41)85-61(95)48(27-14-16-32-69)83-59(93)49(28-18-34-78-67(75)76)82-58(92)45(70)24-17-33-77-66(73)74/h5-12,19-23,25,38-40,45,47-53,55,79H,4,13-18,24,26-37,68-70H2,1-3H3,(H2,71,89)(H2,72,90)(H,80,97)(H,81,91)(H,82,92)(H,83,93)(H,84,98)(H,85,95)(H,86,94)(H,87,96)(H,88,99)(H4,73,74,77)(H4,75,76,78)/t39-,40-,45-,47-,48-,49-,50-,51-,52-,53-,55-/m1/s1. The average Bonchev–Trinajstić information content (AvgIpc) is 1.71. The zero-order valence-corrected chi connectivity index (χ0v) is 56.7. The van der Waals surface area contributed by atoms with Crippen LogP contribution in [0.25, 0.3) is 10.9 Å². The third-order valence-corrected chi connectivity index (χ3v) is 16.5. The number of para-hydroxylation sites is 1. The molecule has 0 saturated heterocycles. The van der Waals surface area contributed by atoms with Gasteiger partial charge in [0.15, 0.2) is 11.9 Å². The molecule has 0 saturated carbocycles. The summed E-state index contributed by atoms with van der Waals surface area (Å²) in [7, 11) is 0. The van der Waals surface area contributed by atoms with Crippen LogP contribution in [0.4, 0.5) is 0 Å². The van der Waals surface area contributed by atoms with Crippen molar-refractivity contribution in [2.75, 3.05) is 26.2 Å². The van der Waals surface area contributed by atoms with Gasteiger partial charge in [0.1, 0.15) is 54.4 Å². The molecule has 28 N–H and O–H groups in total. The van der Waals surface area contributed by atoms with Gasteiger partial charge in [0.25, 0.3) is 0 Å². The predicted octanol–water partition coefficient (Wildman–Crippen LogP) is -2.93. The van der Waals surface area contributed by atoms with Crippen molar-refractivity contribution < 1.29 is 52.7 Å². The van der Waals surface area contributed by atoms with E-state index in [2.05, 4.69) is 62.8 Å². The van der Waals surface area contributed by atoms with Gasteiger partial charge in [-0.3, -0.25) is 62.7 Å². The van der Waals surface area contributed by atoms with E-state index >= 15 is 0 Å². The number of benzene rings is 3. The number of primary amides is 2. The number of hydrogen-bond donors (Lipinski definition) is 19. The molecule has 0 unspecified atom stereocenters. The van der Waals surface area contributed by atoms with E-state index in [1.54, 1.807) is 79.9 Å². The SMILES string of the molecule is CC[C@@H](C)[C@@H](NC(=O)[C@@H](Cc1c[nH]c2ccccc12)NC(=O)[C@@H](CCC(N)=O)NC(=O)[C@@H](Cc1ccccc1)NC(=O)[C@@H](CCCCN)NC(=O)[C@@H](C)NC(=O)[C@@H](Cc1ccccc1)NC(=O)[C@@H](CCCCN)NC(=O)[C@@H](CCCN=C(N)N)NC(=O)[C@H](N)CCCN=C(N)N)C(N)=O. The molecule has 11 atom stereocenters. The van der Waals surface area contributed by atoms with E-state index in [4.69, 9.17) is 51.6 Å². The number of carbonyl (C=O) groups excluding carboxylic acids is 11. The van der Waals surface area contributed by atoms with E-state index in [1.807, 2.05) is 25.1 Å². The highest BCUT2D eigenvalue weighted by atomic mass is 16.2. The molecular weight excluding hydrogens is 1270 g/mol. The number of H-pyrrole nitrogens is 1. The number of rotatable bonds is 46.